The first kappa shape index (κ1) is 13.3. The highest BCUT2D eigenvalue weighted by molar-refractivity contribution is 5.96. The normalized spacial score (nSPS) is 18.7. The summed E-state index contributed by atoms with van der Waals surface area (Å²) in [6.07, 6.45) is 5.88. The summed E-state index contributed by atoms with van der Waals surface area (Å²) in [4.78, 5) is 29.8. The first-order valence-corrected chi connectivity index (χ1v) is 6.35. The topological polar surface area (TPSA) is 76.3 Å². The molecule has 0 spiro atoms. The van der Waals surface area contributed by atoms with Gasteiger partial charge in [0.2, 0.25) is 0 Å². The number of rotatable bonds is 3. The average Bonchev–Trinajstić information content (AvgIpc) is 3.01. The van der Waals surface area contributed by atoms with Crippen molar-refractivity contribution in [3.05, 3.63) is 24.6 Å². The van der Waals surface area contributed by atoms with Crippen molar-refractivity contribution >= 4 is 29.1 Å². The van der Waals surface area contributed by atoms with Crippen LogP contribution in [0.4, 0.5) is 10.2 Å². The van der Waals surface area contributed by atoms with E-state index >= 15 is 0 Å². The minimum atomic E-state index is -0.707. The number of aromatic nitrogens is 4. The Hall–Kier alpha value is -2.64. The highest BCUT2D eigenvalue weighted by Gasteiger charge is 2.27. The minimum Gasteiger partial charge on any atom is -0.369 e. The first-order valence-electron chi connectivity index (χ1n) is 6.35. The van der Waals surface area contributed by atoms with E-state index in [0.717, 1.165) is 0 Å². The van der Waals surface area contributed by atoms with Gasteiger partial charge in [-0.25, -0.2) is 24.3 Å². The molecule has 0 aliphatic heterocycles. The number of halogens is 1. The Labute approximate surface area is 119 Å². The molecule has 0 radical (unpaired) electrons. The van der Waals surface area contributed by atoms with Crippen molar-refractivity contribution in [1.29, 1.82) is 0 Å². The number of imidazole rings is 1. The Balaban J connectivity index is 2.04. The molecule has 0 aromatic carbocycles. The molecule has 3 rings (SSSR count). The number of hydrogen-bond acceptors (Lipinski definition) is 5. The summed E-state index contributed by atoms with van der Waals surface area (Å²) in [5, 5.41) is 0. The van der Waals surface area contributed by atoms with E-state index in [1.807, 2.05) is 14.1 Å². The maximum atomic E-state index is 13.3. The lowest BCUT2D eigenvalue weighted by molar-refractivity contribution is -0.116. The van der Waals surface area contributed by atoms with E-state index in [2.05, 4.69) is 19.9 Å². The van der Waals surface area contributed by atoms with Gasteiger partial charge in [0, 0.05) is 20.5 Å². The minimum absolute atomic E-state index is 0.0809. The van der Waals surface area contributed by atoms with Crippen molar-refractivity contribution in [2.75, 3.05) is 14.1 Å². The molecule has 0 amide bonds. The molecule has 1 aliphatic carbocycles. The van der Waals surface area contributed by atoms with Crippen molar-refractivity contribution < 1.29 is 9.18 Å². The zero-order chi connectivity index (χ0) is 15.0. The van der Waals surface area contributed by atoms with E-state index in [9.17, 15) is 9.18 Å². The summed E-state index contributed by atoms with van der Waals surface area (Å²) in [6.45, 7) is 0. The molecular weight excluding hydrogens is 275 g/mol. The van der Waals surface area contributed by atoms with Crippen LogP contribution in [0.3, 0.4) is 0 Å². The standard InChI is InChI=1S/C13H13FN6O/c1-19(2)6-18-12-11-13(16-5-15-12)20(7-17-11)8-3-9(14)10(21)4-8/h3,5-8H,4H2,1-2H3/b18-6-/t8-/m0/s1. The van der Waals surface area contributed by atoms with E-state index in [0.29, 0.717) is 17.0 Å². The van der Waals surface area contributed by atoms with Crippen LogP contribution in [0, 0.1) is 0 Å². The summed E-state index contributed by atoms with van der Waals surface area (Å²) in [5.74, 6) is -0.773. The molecule has 8 heteroatoms. The van der Waals surface area contributed by atoms with Crippen LogP contribution < -0.4 is 0 Å². The second-order valence-electron chi connectivity index (χ2n) is 4.94. The van der Waals surface area contributed by atoms with Crippen molar-refractivity contribution in [3.8, 4) is 0 Å². The van der Waals surface area contributed by atoms with Gasteiger partial charge < -0.3 is 9.47 Å². The van der Waals surface area contributed by atoms with Crippen LogP contribution in [0.5, 0.6) is 0 Å². The second kappa shape index (κ2) is 5.04. The molecule has 0 N–H and O–H groups in total. The fourth-order valence-electron chi connectivity index (χ4n) is 2.13. The highest BCUT2D eigenvalue weighted by Crippen LogP contribution is 2.30. The smallest absolute Gasteiger partial charge is 0.193 e. The molecule has 108 valence electrons. The Morgan fingerprint density at radius 3 is 2.90 bits per heavy atom. The molecular formula is C13H13FN6O. The van der Waals surface area contributed by atoms with E-state index in [4.69, 9.17) is 0 Å². The van der Waals surface area contributed by atoms with E-state index < -0.39 is 17.7 Å². The van der Waals surface area contributed by atoms with Crippen LogP contribution in [-0.4, -0.2) is 50.6 Å². The van der Waals surface area contributed by atoms with E-state index in [-0.39, 0.29) is 6.42 Å². The van der Waals surface area contributed by atoms with Crippen LogP contribution >= 0.6 is 0 Å². The maximum Gasteiger partial charge on any atom is 0.193 e. The number of Topliss-reactive ketones (excluding diaryl/α,β-unsaturated/α-hetero) is 1. The van der Waals surface area contributed by atoms with Gasteiger partial charge in [-0.15, -0.1) is 0 Å². The Morgan fingerprint density at radius 1 is 1.43 bits per heavy atom. The molecule has 0 saturated heterocycles. The van der Waals surface area contributed by atoms with Crippen LogP contribution in [-0.2, 0) is 4.79 Å². The van der Waals surface area contributed by atoms with Crippen LogP contribution in [0.1, 0.15) is 12.5 Å². The number of fused-ring (bicyclic) bond motifs is 1. The summed E-state index contributed by atoms with van der Waals surface area (Å²) in [7, 11) is 3.69. The van der Waals surface area contributed by atoms with Gasteiger partial charge in [-0.3, -0.25) is 4.79 Å². The van der Waals surface area contributed by atoms with Gasteiger partial charge in [-0.2, -0.15) is 0 Å². The molecule has 2 aromatic heterocycles. The summed E-state index contributed by atoms with van der Waals surface area (Å²) >= 11 is 0. The van der Waals surface area contributed by atoms with Crippen molar-refractivity contribution in [3.63, 3.8) is 0 Å². The number of carbonyl (C=O) groups is 1. The van der Waals surface area contributed by atoms with Gasteiger partial charge in [0.25, 0.3) is 0 Å². The van der Waals surface area contributed by atoms with Crippen LogP contribution in [0.15, 0.2) is 29.5 Å². The predicted octanol–water partition coefficient (Wildman–Crippen LogP) is 1.41. The van der Waals surface area contributed by atoms with Crippen LogP contribution in [0.25, 0.3) is 11.2 Å². The fraction of sp³-hybridized carbons (Fsp3) is 0.308. The molecule has 1 atom stereocenters. The molecule has 2 heterocycles. The Morgan fingerprint density at radius 2 is 2.24 bits per heavy atom. The van der Waals surface area contributed by atoms with Gasteiger partial charge in [-0.1, -0.05) is 0 Å². The molecule has 1 aliphatic rings. The second-order valence-corrected chi connectivity index (χ2v) is 4.94. The molecule has 0 saturated carbocycles. The zero-order valence-electron chi connectivity index (χ0n) is 11.6. The molecule has 0 fully saturated rings. The Bertz CT molecular complexity index is 763. The van der Waals surface area contributed by atoms with Crippen LogP contribution in [0.2, 0.25) is 0 Å². The number of nitrogens with zero attached hydrogens (tertiary/aromatic N) is 6. The van der Waals surface area contributed by atoms with E-state index in [1.54, 1.807) is 15.8 Å². The molecule has 7 nitrogen and oxygen atoms in total. The third kappa shape index (κ3) is 2.39. The summed E-state index contributed by atoms with van der Waals surface area (Å²) < 4.78 is 14.9. The largest absolute Gasteiger partial charge is 0.369 e. The SMILES string of the molecule is CN(C)/C=N\c1ncnc2c1ncn2[C@H]1C=C(F)C(=O)C1. The lowest BCUT2D eigenvalue weighted by Gasteiger charge is -2.08. The van der Waals surface area contributed by atoms with Crippen molar-refractivity contribution in [1.82, 2.24) is 24.4 Å². The fourth-order valence-corrected chi connectivity index (χ4v) is 2.13. The highest BCUT2D eigenvalue weighted by atomic mass is 19.1. The maximum absolute atomic E-state index is 13.3. The monoisotopic (exact) mass is 288 g/mol. The predicted molar refractivity (Wildman–Crippen MR) is 75.0 cm³/mol. The molecule has 0 bridgehead atoms. The lowest BCUT2D eigenvalue weighted by Crippen LogP contribution is -2.07. The number of ketones is 1. The third-order valence-corrected chi connectivity index (χ3v) is 3.11. The number of allylic oxidation sites excluding steroid dienone is 2. The van der Waals surface area contributed by atoms with Gasteiger partial charge in [-0.05, 0) is 6.08 Å². The molecule has 21 heavy (non-hydrogen) atoms. The quantitative estimate of drug-likeness (QED) is 0.630. The Kier molecular flexibility index (Phi) is 3.20. The van der Waals surface area contributed by atoms with Crippen molar-refractivity contribution in [2.24, 2.45) is 4.99 Å². The lowest BCUT2D eigenvalue weighted by atomic mass is 10.2. The first-order chi connectivity index (χ1) is 10.1. The van der Waals surface area contributed by atoms with Gasteiger partial charge in [0.1, 0.15) is 6.33 Å². The molecule has 2 aromatic rings. The van der Waals surface area contributed by atoms with Crippen molar-refractivity contribution in [2.45, 2.75) is 12.5 Å². The van der Waals surface area contributed by atoms with Gasteiger partial charge in [0.05, 0.1) is 18.7 Å². The average molecular weight is 288 g/mol. The molecule has 0 unspecified atom stereocenters. The van der Waals surface area contributed by atoms with Gasteiger partial charge in [0.15, 0.2) is 28.6 Å². The third-order valence-electron chi connectivity index (χ3n) is 3.11. The van der Waals surface area contributed by atoms with E-state index in [1.165, 1.54) is 18.7 Å². The zero-order valence-corrected chi connectivity index (χ0v) is 11.6. The summed E-state index contributed by atoms with van der Waals surface area (Å²) in [6, 6.07) is -0.400. The number of carbonyl (C=O) groups excluding carboxylic acids is 1. The number of aliphatic imine (C=N–C) groups is 1. The summed E-state index contributed by atoms with van der Waals surface area (Å²) in [5.41, 5.74) is 1.04. The van der Waals surface area contributed by atoms with Gasteiger partial charge >= 0.3 is 0 Å². The number of hydrogen-bond donors (Lipinski definition) is 0.